The molecule has 0 heterocycles. The summed E-state index contributed by atoms with van der Waals surface area (Å²) in [6.45, 7) is 0.141. The standard InChI is InChI=1S/C13H15F3N4.HI/c1-18-12(19-6-5-13(14,15)16)20-9-11-4-2-3-10(7-11)8-17;/h2-4,7H,5-6,9H2,1H3,(H2,18,19,20);1H. The third kappa shape index (κ3) is 8.39. The molecule has 8 heteroatoms. The predicted octanol–water partition coefficient (Wildman–Crippen LogP) is 2.79. The van der Waals surface area contributed by atoms with E-state index in [2.05, 4.69) is 15.6 Å². The van der Waals surface area contributed by atoms with Crippen molar-refractivity contribution in [3.8, 4) is 6.07 Å². The molecule has 1 aromatic rings. The first-order valence-corrected chi connectivity index (χ1v) is 5.95. The van der Waals surface area contributed by atoms with Crippen LogP contribution in [0.2, 0.25) is 0 Å². The second kappa shape index (κ2) is 9.44. The Bertz CT molecular complexity index is 509. The van der Waals surface area contributed by atoms with Crippen LogP contribution in [0.4, 0.5) is 13.2 Å². The van der Waals surface area contributed by atoms with Crippen LogP contribution >= 0.6 is 24.0 Å². The lowest BCUT2D eigenvalue weighted by molar-refractivity contribution is -0.132. The third-order valence-corrected chi connectivity index (χ3v) is 2.44. The number of benzene rings is 1. The van der Waals surface area contributed by atoms with Crippen molar-refractivity contribution < 1.29 is 13.2 Å². The van der Waals surface area contributed by atoms with Crippen LogP contribution in [0.1, 0.15) is 17.5 Å². The quantitative estimate of drug-likeness (QED) is 0.455. The molecule has 0 radical (unpaired) electrons. The fourth-order valence-electron chi connectivity index (χ4n) is 1.48. The minimum atomic E-state index is -4.19. The predicted molar refractivity (Wildman–Crippen MR) is 85.4 cm³/mol. The molecule has 0 unspecified atom stereocenters. The lowest BCUT2D eigenvalue weighted by Gasteiger charge is -2.13. The van der Waals surface area contributed by atoms with E-state index in [1.165, 1.54) is 7.05 Å². The molecule has 1 rings (SSSR count). The maximum atomic E-state index is 12.0. The van der Waals surface area contributed by atoms with Gasteiger partial charge in [0, 0.05) is 20.1 Å². The molecular formula is C13H16F3IN4. The van der Waals surface area contributed by atoms with E-state index in [0.717, 1.165) is 5.56 Å². The number of nitrogens with zero attached hydrogens (tertiary/aromatic N) is 2. The third-order valence-electron chi connectivity index (χ3n) is 2.44. The van der Waals surface area contributed by atoms with Crippen LogP contribution in [0, 0.1) is 11.3 Å². The molecule has 0 spiro atoms. The molecule has 0 saturated heterocycles. The summed E-state index contributed by atoms with van der Waals surface area (Å²) in [6.07, 6.45) is -5.11. The molecule has 0 aliphatic heterocycles. The summed E-state index contributed by atoms with van der Waals surface area (Å²) in [5.74, 6) is 0.289. The van der Waals surface area contributed by atoms with E-state index >= 15 is 0 Å². The highest BCUT2D eigenvalue weighted by Gasteiger charge is 2.26. The molecule has 116 valence electrons. The monoisotopic (exact) mass is 412 g/mol. The molecule has 4 nitrogen and oxygen atoms in total. The van der Waals surface area contributed by atoms with Gasteiger partial charge in [-0.3, -0.25) is 4.99 Å². The van der Waals surface area contributed by atoms with Gasteiger partial charge in [-0.1, -0.05) is 12.1 Å². The topological polar surface area (TPSA) is 60.2 Å². The Hall–Kier alpha value is -1.50. The van der Waals surface area contributed by atoms with E-state index in [0.29, 0.717) is 12.1 Å². The van der Waals surface area contributed by atoms with Crippen molar-refractivity contribution in [2.24, 2.45) is 4.99 Å². The number of guanidine groups is 1. The number of nitriles is 1. The zero-order valence-electron chi connectivity index (χ0n) is 11.4. The van der Waals surface area contributed by atoms with Gasteiger partial charge in [0.25, 0.3) is 0 Å². The summed E-state index contributed by atoms with van der Waals surface area (Å²) < 4.78 is 36.0. The van der Waals surface area contributed by atoms with E-state index in [4.69, 9.17) is 5.26 Å². The van der Waals surface area contributed by atoms with Crippen LogP contribution in [0.3, 0.4) is 0 Å². The highest BCUT2D eigenvalue weighted by Crippen LogP contribution is 2.18. The van der Waals surface area contributed by atoms with Crippen molar-refractivity contribution >= 4 is 29.9 Å². The summed E-state index contributed by atoms with van der Waals surface area (Å²) >= 11 is 0. The fraction of sp³-hybridized carbons (Fsp3) is 0.385. The first-order valence-electron chi connectivity index (χ1n) is 5.95. The normalized spacial score (nSPS) is 11.3. The average molecular weight is 412 g/mol. The van der Waals surface area contributed by atoms with Gasteiger partial charge >= 0.3 is 6.18 Å². The van der Waals surface area contributed by atoms with Gasteiger partial charge in [0.1, 0.15) is 0 Å². The summed E-state index contributed by atoms with van der Waals surface area (Å²) in [5.41, 5.74) is 1.38. The number of nitrogens with one attached hydrogen (secondary N) is 2. The summed E-state index contributed by atoms with van der Waals surface area (Å²) in [4.78, 5) is 3.83. The molecule has 0 atom stereocenters. The van der Waals surface area contributed by atoms with Crippen LogP contribution < -0.4 is 10.6 Å². The Morgan fingerprint density at radius 2 is 2.05 bits per heavy atom. The Kier molecular flexibility index (Phi) is 8.76. The van der Waals surface area contributed by atoms with Crippen LogP contribution in [-0.4, -0.2) is 25.7 Å². The van der Waals surface area contributed by atoms with E-state index in [1.54, 1.807) is 18.2 Å². The summed E-state index contributed by atoms with van der Waals surface area (Å²) in [6, 6.07) is 8.97. The molecule has 21 heavy (non-hydrogen) atoms. The largest absolute Gasteiger partial charge is 0.390 e. The van der Waals surface area contributed by atoms with Gasteiger partial charge in [0.15, 0.2) is 5.96 Å². The first-order chi connectivity index (χ1) is 9.44. The van der Waals surface area contributed by atoms with E-state index in [1.807, 2.05) is 12.1 Å². The van der Waals surface area contributed by atoms with Gasteiger partial charge in [-0.05, 0) is 17.7 Å². The highest BCUT2D eigenvalue weighted by molar-refractivity contribution is 14.0. The minimum absolute atomic E-state index is 0. The number of alkyl halides is 3. The van der Waals surface area contributed by atoms with E-state index in [9.17, 15) is 13.2 Å². The van der Waals surface area contributed by atoms with Crippen molar-refractivity contribution in [1.29, 1.82) is 5.26 Å². The van der Waals surface area contributed by atoms with Crippen molar-refractivity contribution in [3.63, 3.8) is 0 Å². The zero-order chi connectivity index (χ0) is 15.0. The van der Waals surface area contributed by atoms with Crippen LogP contribution in [-0.2, 0) is 6.54 Å². The van der Waals surface area contributed by atoms with Crippen LogP contribution in [0.15, 0.2) is 29.3 Å². The fourth-order valence-corrected chi connectivity index (χ4v) is 1.48. The van der Waals surface area contributed by atoms with Crippen LogP contribution in [0.5, 0.6) is 0 Å². The Morgan fingerprint density at radius 3 is 2.62 bits per heavy atom. The smallest absolute Gasteiger partial charge is 0.356 e. The SMILES string of the molecule is CN=C(NCCC(F)(F)F)NCc1cccc(C#N)c1.I. The van der Waals surface area contributed by atoms with Crippen molar-refractivity contribution in [2.75, 3.05) is 13.6 Å². The maximum Gasteiger partial charge on any atom is 0.390 e. The molecule has 0 bridgehead atoms. The first kappa shape index (κ1) is 19.5. The molecule has 0 amide bonds. The number of hydrogen-bond donors (Lipinski definition) is 2. The molecule has 0 aromatic heterocycles. The van der Waals surface area contributed by atoms with E-state index in [-0.39, 0.29) is 36.5 Å². The number of rotatable bonds is 4. The maximum absolute atomic E-state index is 12.0. The number of aliphatic imine (C=N–C) groups is 1. The molecular weight excluding hydrogens is 396 g/mol. The van der Waals surface area contributed by atoms with Gasteiger partial charge in [-0.2, -0.15) is 18.4 Å². The Balaban J connectivity index is 0.00000400. The van der Waals surface area contributed by atoms with Gasteiger partial charge in [-0.15, -0.1) is 24.0 Å². The molecule has 0 aliphatic carbocycles. The lowest BCUT2D eigenvalue weighted by Crippen LogP contribution is -2.38. The summed E-state index contributed by atoms with van der Waals surface area (Å²) in [7, 11) is 1.48. The Morgan fingerprint density at radius 1 is 1.33 bits per heavy atom. The number of hydrogen-bond acceptors (Lipinski definition) is 2. The average Bonchev–Trinajstić information content (AvgIpc) is 2.41. The highest BCUT2D eigenvalue weighted by atomic mass is 127. The molecule has 0 fully saturated rings. The molecule has 0 saturated carbocycles. The van der Waals surface area contributed by atoms with Gasteiger partial charge in [0.2, 0.25) is 0 Å². The zero-order valence-corrected chi connectivity index (χ0v) is 13.7. The van der Waals surface area contributed by atoms with E-state index < -0.39 is 12.6 Å². The second-order valence-electron chi connectivity index (χ2n) is 4.03. The Labute approximate surface area is 138 Å². The van der Waals surface area contributed by atoms with Crippen molar-refractivity contribution in [3.05, 3.63) is 35.4 Å². The summed E-state index contributed by atoms with van der Waals surface area (Å²) in [5, 5.41) is 14.2. The second-order valence-corrected chi connectivity index (χ2v) is 4.03. The van der Waals surface area contributed by atoms with Gasteiger partial charge < -0.3 is 10.6 Å². The van der Waals surface area contributed by atoms with Gasteiger partial charge in [0.05, 0.1) is 18.1 Å². The number of halogens is 4. The minimum Gasteiger partial charge on any atom is -0.356 e. The molecule has 0 aliphatic rings. The molecule has 2 N–H and O–H groups in total. The van der Waals surface area contributed by atoms with Crippen molar-refractivity contribution in [2.45, 2.75) is 19.1 Å². The lowest BCUT2D eigenvalue weighted by atomic mass is 10.1. The molecule has 1 aromatic carbocycles. The van der Waals surface area contributed by atoms with Crippen LogP contribution in [0.25, 0.3) is 0 Å². The van der Waals surface area contributed by atoms with Gasteiger partial charge in [-0.25, -0.2) is 0 Å². The van der Waals surface area contributed by atoms with Crippen molar-refractivity contribution in [1.82, 2.24) is 10.6 Å².